The molecule has 0 aliphatic heterocycles. The molecule has 0 aromatic heterocycles. The molecule has 0 amide bonds. The second kappa shape index (κ2) is 6.67. The topological polar surface area (TPSA) is 43.4 Å². The highest BCUT2D eigenvalue weighted by Crippen LogP contribution is 2.58. The Morgan fingerprint density at radius 3 is 2.34 bits per heavy atom. The Balaban J connectivity index is 1.72. The van der Waals surface area contributed by atoms with E-state index in [1.807, 2.05) is 12.2 Å². The van der Waals surface area contributed by atoms with E-state index in [4.69, 9.17) is 0 Å². The molecule has 2 atom stereocenters. The summed E-state index contributed by atoms with van der Waals surface area (Å²) in [6.07, 6.45) is 7.57. The summed E-state index contributed by atoms with van der Waals surface area (Å²) in [7, 11) is -3.05. The summed E-state index contributed by atoms with van der Waals surface area (Å²) in [5.41, 5.74) is 1.44. The lowest BCUT2D eigenvalue weighted by Gasteiger charge is -2.27. The van der Waals surface area contributed by atoms with Crippen molar-refractivity contribution in [2.75, 3.05) is 13.1 Å². The Morgan fingerprint density at radius 2 is 1.79 bits per heavy atom. The Morgan fingerprint density at radius 1 is 1.14 bits per heavy atom. The number of sulfone groups is 1. The highest BCUT2D eigenvalue weighted by molar-refractivity contribution is 7.91. The molecule has 3 aliphatic carbocycles. The molecule has 0 saturated heterocycles. The second-order valence-corrected chi connectivity index (χ2v) is 9.41. The summed E-state index contributed by atoms with van der Waals surface area (Å²) in [6.45, 7) is 0. The van der Waals surface area contributed by atoms with Crippen LogP contribution in [-0.4, -0.2) is 27.4 Å². The van der Waals surface area contributed by atoms with E-state index in [2.05, 4.69) is 4.74 Å². The first-order valence-corrected chi connectivity index (χ1v) is 10.6. The number of halogens is 4. The molecule has 1 fully saturated rings. The number of hydrogen-bond donors (Lipinski definition) is 0. The first-order chi connectivity index (χ1) is 13.6. The third kappa shape index (κ3) is 3.28. The second-order valence-electron chi connectivity index (χ2n) is 7.49. The van der Waals surface area contributed by atoms with Gasteiger partial charge in [0, 0.05) is 12.5 Å². The van der Waals surface area contributed by atoms with Crippen molar-refractivity contribution in [3.8, 4) is 0 Å². The molecule has 0 heterocycles. The molecule has 154 valence electrons. The van der Waals surface area contributed by atoms with Crippen LogP contribution in [0, 0.1) is 11.3 Å². The van der Waals surface area contributed by atoms with E-state index in [0.717, 1.165) is 26.0 Å². The lowest BCUT2D eigenvalue weighted by Crippen LogP contribution is -2.29. The number of ether oxygens (including phenoxy) is 1. The summed E-state index contributed by atoms with van der Waals surface area (Å²) in [5, 5.41) is 0. The molecular formula is C21H18F4O3S. The van der Waals surface area contributed by atoms with Gasteiger partial charge in [-0.1, -0.05) is 30.4 Å². The lowest BCUT2D eigenvalue weighted by atomic mass is 9.86. The Kier molecular flexibility index (Phi) is 4.62. The van der Waals surface area contributed by atoms with Crippen molar-refractivity contribution >= 4 is 15.4 Å². The van der Waals surface area contributed by atoms with Crippen molar-refractivity contribution in [2.45, 2.75) is 23.6 Å². The van der Waals surface area contributed by atoms with Crippen LogP contribution in [0.1, 0.15) is 18.4 Å². The standard InChI is InChI=1S/C21H18F4O3S/c1-28-21(25)7-6-15(18(23)19(21)24)17-11-20(8-9-20)10-16(17)13-2-4-14(5-3-13)29(26,27)12-22/h2-7,10-11,15H,8-9,12H2,1H3. The summed E-state index contributed by atoms with van der Waals surface area (Å²) < 4.78 is 83.8. The van der Waals surface area contributed by atoms with Crippen LogP contribution in [0.25, 0.3) is 5.57 Å². The van der Waals surface area contributed by atoms with Gasteiger partial charge < -0.3 is 4.74 Å². The molecule has 1 spiro atoms. The maximum absolute atomic E-state index is 14.7. The molecular weight excluding hydrogens is 408 g/mol. The third-order valence-corrected chi connectivity index (χ3v) is 6.88. The van der Waals surface area contributed by atoms with Crippen molar-refractivity contribution in [1.82, 2.24) is 0 Å². The molecule has 8 heteroatoms. The maximum atomic E-state index is 14.7. The Labute approximate surface area is 166 Å². The number of benzene rings is 1. The normalized spacial score (nSPS) is 28.0. The molecule has 0 N–H and O–H groups in total. The van der Waals surface area contributed by atoms with Crippen molar-refractivity contribution < 1.29 is 30.7 Å². The lowest BCUT2D eigenvalue weighted by molar-refractivity contribution is -0.0678. The van der Waals surface area contributed by atoms with E-state index >= 15 is 0 Å². The molecule has 1 saturated carbocycles. The monoisotopic (exact) mass is 426 g/mol. The van der Waals surface area contributed by atoms with Crippen molar-refractivity contribution in [2.24, 2.45) is 11.3 Å². The van der Waals surface area contributed by atoms with E-state index in [0.29, 0.717) is 16.7 Å². The smallest absolute Gasteiger partial charge is 0.283 e. The van der Waals surface area contributed by atoms with E-state index in [-0.39, 0.29) is 10.3 Å². The van der Waals surface area contributed by atoms with Gasteiger partial charge in [-0.2, -0.15) is 4.39 Å². The average Bonchev–Trinajstić information content (AvgIpc) is 3.37. The fourth-order valence-electron chi connectivity index (χ4n) is 3.72. The average molecular weight is 426 g/mol. The first kappa shape index (κ1) is 20.1. The van der Waals surface area contributed by atoms with Gasteiger partial charge in [0.05, 0.1) is 10.8 Å². The number of methoxy groups -OCH3 is 1. The maximum Gasteiger partial charge on any atom is 0.283 e. The van der Waals surface area contributed by atoms with Gasteiger partial charge >= 0.3 is 0 Å². The summed E-state index contributed by atoms with van der Waals surface area (Å²) in [4.78, 5) is -0.161. The SMILES string of the molecule is COC1(F)C=CC(C2=CC3(C=C2c2ccc(S(=O)(=O)CF)cc2)CC3)C(F)=C1F. The Hall–Kier alpha value is -2.19. The molecule has 2 unspecified atom stereocenters. The number of allylic oxidation sites excluding steroid dienone is 6. The van der Waals surface area contributed by atoms with Crippen LogP contribution in [0.2, 0.25) is 0 Å². The zero-order valence-corrected chi connectivity index (χ0v) is 16.3. The summed E-state index contributed by atoms with van der Waals surface area (Å²) >= 11 is 0. The molecule has 4 rings (SSSR count). The fourth-order valence-corrected chi connectivity index (χ4v) is 4.40. The van der Waals surface area contributed by atoms with Crippen LogP contribution in [0.4, 0.5) is 17.6 Å². The van der Waals surface area contributed by atoms with Crippen LogP contribution < -0.4 is 0 Å². The van der Waals surface area contributed by atoms with Crippen LogP contribution in [0.5, 0.6) is 0 Å². The number of alkyl halides is 2. The molecule has 1 aromatic carbocycles. The van der Waals surface area contributed by atoms with Gasteiger partial charge in [0.25, 0.3) is 5.85 Å². The third-order valence-electron chi connectivity index (χ3n) is 5.60. The highest BCUT2D eigenvalue weighted by atomic mass is 32.2. The predicted octanol–water partition coefficient (Wildman–Crippen LogP) is 5.14. The molecule has 3 aliphatic rings. The van der Waals surface area contributed by atoms with Gasteiger partial charge in [-0.15, -0.1) is 0 Å². The minimum atomic E-state index is -4.00. The van der Waals surface area contributed by atoms with Crippen LogP contribution >= 0.6 is 0 Å². The zero-order valence-electron chi connectivity index (χ0n) is 15.5. The van der Waals surface area contributed by atoms with Gasteiger partial charge in [0.1, 0.15) is 5.83 Å². The van der Waals surface area contributed by atoms with Crippen LogP contribution in [-0.2, 0) is 14.6 Å². The van der Waals surface area contributed by atoms with Gasteiger partial charge in [-0.05, 0) is 47.8 Å². The van der Waals surface area contributed by atoms with Gasteiger partial charge in [0.2, 0.25) is 15.7 Å². The van der Waals surface area contributed by atoms with E-state index in [1.54, 1.807) is 0 Å². The minimum absolute atomic E-state index is 0.161. The van der Waals surface area contributed by atoms with E-state index in [9.17, 15) is 26.0 Å². The van der Waals surface area contributed by atoms with Crippen LogP contribution in [0.3, 0.4) is 0 Å². The number of rotatable bonds is 5. The molecule has 3 nitrogen and oxygen atoms in total. The number of hydrogen-bond acceptors (Lipinski definition) is 3. The molecule has 29 heavy (non-hydrogen) atoms. The molecule has 1 aromatic rings. The molecule has 0 radical (unpaired) electrons. The fraction of sp³-hybridized carbons (Fsp3) is 0.333. The summed E-state index contributed by atoms with van der Waals surface area (Å²) in [5.74, 6) is -6.92. The van der Waals surface area contributed by atoms with Crippen molar-refractivity contribution in [3.63, 3.8) is 0 Å². The van der Waals surface area contributed by atoms with Crippen molar-refractivity contribution in [1.29, 1.82) is 0 Å². The van der Waals surface area contributed by atoms with Gasteiger partial charge in [0.15, 0.2) is 6.01 Å². The quantitative estimate of drug-likeness (QED) is 0.484. The molecule has 0 bridgehead atoms. The highest BCUT2D eigenvalue weighted by Gasteiger charge is 2.47. The van der Waals surface area contributed by atoms with Crippen LogP contribution in [0.15, 0.2) is 70.7 Å². The van der Waals surface area contributed by atoms with Gasteiger partial charge in [-0.3, -0.25) is 0 Å². The van der Waals surface area contributed by atoms with E-state index < -0.39 is 39.3 Å². The minimum Gasteiger partial charge on any atom is -0.341 e. The largest absolute Gasteiger partial charge is 0.341 e. The van der Waals surface area contributed by atoms with E-state index in [1.165, 1.54) is 30.3 Å². The van der Waals surface area contributed by atoms with Gasteiger partial charge in [-0.25, -0.2) is 21.6 Å². The summed E-state index contributed by atoms with van der Waals surface area (Å²) in [6, 6.07) is 4.06. The zero-order chi connectivity index (χ0) is 21.0. The Bertz CT molecular complexity index is 1080. The first-order valence-electron chi connectivity index (χ1n) is 8.99. The van der Waals surface area contributed by atoms with Crippen molar-refractivity contribution in [3.05, 3.63) is 71.4 Å². The predicted molar refractivity (Wildman–Crippen MR) is 100 cm³/mol.